The van der Waals surface area contributed by atoms with E-state index in [1.54, 1.807) is 4.90 Å². The molecule has 5 heteroatoms. The van der Waals surface area contributed by atoms with Gasteiger partial charge in [-0.3, -0.25) is 14.5 Å². The minimum atomic E-state index is -1.30. The first-order valence-corrected chi connectivity index (χ1v) is 8.97. The molecular weight excluding hydrogens is 304 g/mol. The number of benzene rings is 1. The van der Waals surface area contributed by atoms with Gasteiger partial charge in [0, 0.05) is 23.9 Å². The molecule has 0 saturated carbocycles. The first-order valence-electron chi connectivity index (χ1n) is 8.97. The van der Waals surface area contributed by atoms with Crippen molar-refractivity contribution in [2.45, 2.75) is 56.7 Å². The van der Waals surface area contributed by atoms with Crippen molar-refractivity contribution in [3.05, 3.63) is 29.8 Å². The Morgan fingerprint density at radius 2 is 1.96 bits per heavy atom. The van der Waals surface area contributed by atoms with Gasteiger partial charge < -0.3 is 10.0 Å². The van der Waals surface area contributed by atoms with E-state index in [4.69, 9.17) is 0 Å². The zero-order valence-corrected chi connectivity index (χ0v) is 13.9. The molecular formula is C19H22N2O3. The lowest BCUT2D eigenvalue weighted by atomic mass is 9.57. The third-order valence-corrected chi connectivity index (χ3v) is 7.11. The Labute approximate surface area is 141 Å². The molecule has 1 spiro atoms. The van der Waals surface area contributed by atoms with E-state index in [9.17, 15) is 14.7 Å². The van der Waals surface area contributed by atoms with Crippen LogP contribution in [-0.4, -0.2) is 34.0 Å². The highest BCUT2D eigenvalue weighted by molar-refractivity contribution is 6.03. The van der Waals surface area contributed by atoms with Gasteiger partial charge in [-0.15, -0.1) is 0 Å². The topological polar surface area (TPSA) is 60.9 Å². The fourth-order valence-corrected chi connectivity index (χ4v) is 6.29. The molecule has 24 heavy (non-hydrogen) atoms. The van der Waals surface area contributed by atoms with E-state index in [0.29, 0.717) is 13.0 Å². The Morgan fingerprint density at radius 3 is 2.75 bits per heavy atom. The molecule has 0 aromatic heterocycles. The number of hydrogen-bond acceptors (Lipinski definition) is 3. The standard InChI is InChI=1S/C19H22N2O3/c1-2-17-9-5-11-20-16(23)12-18(24)13-6-3-4-7-14(13)21(19(17,18)20)15(22)8-10-17/h3-4,6-7,24H,2,5,8-12H2,1H3/t17-,18-,19-/m0/s1. The summed E-state index contributed by atoms with van der Waals surface area (Å²) in [6.45, 7) is 2.76. The van der Waals surface area contributed by atoms with Crippen molar-refractivity contribution in [2.24, 2.45) is 5.41 Å². The Bertz CT molecular complexity index is 778. The van der Waals surface area contributed by atoms with E-state index in [0.717, 1.165) is 36.9 Å². The molecule has 4 aliphatic heterocycles. The lowest BCUT2D eigenvalue weighted by Gasteiger charge is -2.63. The number of amides is 2. The summed E-state index contributed by atoms with van der Waals surface area (Å²) in [7, 11) is 0. The summed E-state index contributed by atoms with van der Waals surface area (Å²) in [5.74, 6) is 0.00766. The van der Waals surface area contributed by atoms with Crippen LogP contribution in [0.25, 0.3) is 0 Å². The summed E-state index contributed by atoms with van der Waals surface area (Å²) in [5.41, 5.74) is -0.923. The fraction of sp³-hybridized carbons (Fsp3) is 0.579. The molecule has 1 aromatic carbocycles. The maximum atomic E-state index is 13.0. The van der Waals surface area contributed by atoms with E-state index in [2.05, 4.69) is 6.92 Å². The molecule has 4 heterocycles. The van der Waals surface area contributed by atoms with Crippen molar-refractivity contribution in [3.63, 3.8) is 0 Å². The number of nitrogens with zero attached hydrogens (tertiary/aromatic N) is 2. The first-order chi connectivity index (χ1) is 11.5. The molecule has 0 unspecified atom stereocenters. The number of hydrogen-bond donors (Lipinski definition) is 1. The van der Waals surface area contributed by atoms with Crippen LogP contribution in [-0.2, 0) is 15.2 Å². The van der Waals surface area contributed by atoms with Crippen LogP contribution in [0.5, 0.6) is 0 Å². The lowest BCUT2D eigenvalue weighted by molar-refractivity contribution is -0.179. The van der Waals surface area contributed by atoms with Gasteiger partial charge in [-0.05, 0) is 31.7 Å². The molecule has 1 N–H and O–H groups in total. The second-order valence-corrected chi connectivity index (χ2v) is 7.74. The number of piperidine rings is 2. The van der Waals surface area contributed by atoms with Gasteiger partial charge in [0.25, 0.3) is 0 Å². The quantitative estimate of drug-likeness (QED) is 0.860. The van der Waals surface area contributed by atoms with Crippen LogP contribution in [0.1, 0.15) is 51.0 Å². The van der Waals surface area contributed by atoms with E-state index in [1.165, 1.54) is 0 Å². The Morgan fingerprint density at radius 1 is 1.17 bits per heavy atom. The van der Waals surface area contributed by atoms with Gasteiger partial charge in [-0.2, -0.15) is 0 Å². The Kier molecular flexibility index (Phi) is 2.53. The van der Waals surface area contributed by atoms with Crippen LogP contribution in [0.2, 0.25) is 0 Å². The zero-order valence-electron chi connectivity index (χ0n) is 13.9. The molecule has 4 aliphatic rings. The number of rotatable bonds is 1. The normalized spacial score (nSPS) is 39.8. The van der Waals surface area contributed by atoms with Crippen LogP contribution in [0, 0.1) is 5.41 Å². The summed E-state index contributed by atoms with van der Waals surface area (Å²) in [5, 5.41) is 11.9. The van der Waals surface area contributed by atoms with Crippen molar-refractivity contribution in [1.82, 2.24) is 4.90 Å². The van der Waals surface area contributed by atoms with Gasteiger partial charge in [0.2, 0.25) is 11.8 Å². The average molecular weight is 326 g/mol. The SMILES string of the molecule is CC[C@]12CCCN3C(=O)C[C@]4(O)c5ccccc5N(C(=O)CC1)[C@@]324. The molecule has 3 fully saturated rings. The van der Waals surface area contributed by atoms with Gasteiger partial charge in [0.05, 0.1) is 12.1 Å². The van der Waals surface area contributed by atoms with Crippen molar-refractivity contribution in [3.8, 4) is 0 Å². The predicted octanol–water partition coefficient (Wildman–Crippen LogP) is 2.13. The third kappa shape index (κ3) is 1.21. The van der Waals surface area contributed by atoms with Gasteiger partial charge in [-0.1, -0.05) is 25.1 Å². The molecule has 3 saturated heterocycles. The minimum absolute atomic E-state index is 0.0239. The van der Waals surface area contributed by atoms with E-state index < -0.39 is 11.3 Å². The van der Waals surface area contributed by atoms with Crippen molar-refractivity contribution in [1.29, 1.82) is 0 Å². The number of aliphatic hydroxyl groups is 1. The highest BCUT2D eigenvalue weighted by atomic mass is 16.3. The number of para-hydroxylation sites is 1. The average Bonchev–Trinajstić information content (AvgIpc) is 2.96. The zero-order chi connectivity index (χ0) is 16.7. The maximum Gasteiger partial charge on any atom is 0.229 e. The molecule has 5 nitrogen and oxygen atoms in total. The summed E-state index contributed by atoms with van der Waals surface area (Å²) >= 11 is 0. The van der Waals surface area contributed by atoms with Gasteiger partial charge in [-0.25, -0.2) is 0 Å². The van der Waals surface area contributed by atoms with Crippen LogP contribution in [0.15, 0.2) is 24.3 Å². The van der Waals surface area contributed by atoms with Gasteiger partial charge >= 0.3 is 0 Å². The van der Waals surface area contributed by atoms with Crippen LogP contribution >= 0.6 is 0 Å². The smallest absolute Gasteiger partial charge is 0.229 e. The molecule has 0 radical (unpaired) electrons. The molecule has 1 aromatic rings. The highest BCUT2D eigenvalue weighted by Crippen LogP contribution is 2.69. The van der Waals surface area contributed by atoms with Crippen LogP contribution < -0.4 is 4.90 Å². The van der Waals surface area contributed by atoms with Gasteiger partial charge in [0.1, 0.15) is 5.60 Å². The molecule has 3 atom stereocenters. The summed E-state index contributed by atoms with van der Waals surface area (Å²) in [6.07, 6.45) is 4.07. The summed E-state index contributed by atoms with van der Waals surface area (Å²) < 4.78 is 0. The van der Waals surface area contributed by atoms with E-state index >= 15 is 0 Å². The highest BCUT2D eigenvalue weighted by Gasteiger charge is 2.80. The fourth-order valence-electron chi connectivity index (χ4n) is 6.29. The molecule has 2 amide bonds. The largest absolute Gasteiger partial charge is 0.380 e. The molecule has 5 rings (SSSR count). The second-order valence-electron chi connectivity index (χ2n) is 7.74. The maximum absolute atomic E-state index is 13.0. The Hall–Kier alpha value is -1.88. The van der Waals surface area contributed by atoms with Crippen molar-refractivity contribution >= 4 is 17.5 Å². The van der Waals surface area contributed by atoms with Crippen molar-refractivity contribution in [2.75, 3.05) is 11.4 Å². The number of carbonyl (C=O) groups excluding carboxylic acids is 2. The van der Waals surface area contributed by atoms with Crippen molar-refractivity contribution < 1.29 is 14.7 Å². The Balaban J connectivity index is 1.90. The number of fused-ring (bicyclic) bond motifs is 3. The van der Waals surface area contributed by atoms with E-state index in [-0.39, 0.29) is 23.7 Å². The van der Waals surface area contributed by atoms with E-state index in [1.807, 2.05) is 29.2 Å². The molecule has 0 bridgehead atoms. The number of carbonyl (C=O) groups is 2. The lowest BCUT2D eigenvalue weighted by Crippen LogP contribution is -2.77. The molecule has 126 valence electrons. The monoisotopic (exact) mass is 326 g/mol. The minimum Gasteiger partial charge on any atom is -0.380 e. The predicted molar refractivity (Wildman–Crippen MR) is 88.1 cm³/mol. The number of anilines is 1. The first kappa shape index (κ1) is 14.5. The van der Waals surface area contributed by atoms with Gasteiger partial charge in [0.15, 0.2) is 5.66 Å². The van der Waals surface area contributed by atoms with Crippen LogP contribution in [0.3, 0.4) is 0 Å². The summed E-state index contributed by atoms with van der Waals surface area (Å²) in [4.78, 5) is 29.5. The molecule has 0 aliphatic carbocycles. The summed E-state index contributed by atoms with van der Waals surface area (Å²) in [6, 6.07) is 7.60. The third-order valence-electron chi connectivity index (χ3n) is 7.11. The van der Waals surface area contributed by atoms with Crippen LogP contribution in [0.4, 0.5) is 5.69 Å². The second kappa shape index (κ2) is 4.20.